The van der Waals surface area contributed by atoms with Crippen LogP contribution in [-0.4, -0.2) is 30.3 Å². The van der Waals surface area contributed by atoms with Crippen LogP contribution < -0.4 is 0 Å². The lowest BCUT2D eigenvalue weighted by Crippen LogP contribution is -2.37. The van der Waals surface area contributed by atoms with Crippen molar-refractivity contribution in [3.8, 4) is 0 Å². The van der Waals surface area contributed by atoms with Gasteiger partial charge in [-0.25, -0.2) is 0 Å². The van der Waals surface area contributed by atoms with Crippen molar-refractivity contribution in [1.82, 2.24) is 4.90 Å². The second-order valence-corrected chi connectivity index (χ2v) is 3.21. The second kappa shape index (κ2) is 5.09. The van der Waals surface area contributed by atoms with Crippen LogP contribution in [0.15, 0.2) is 12.2 Å². The first-order valence-electron chi connectivity index (χ1n) is 4.74. The molecular weight excluding hydrogens is 150 g/mol. The lowest BCUT2D eigenvalue weighted by molar-refractivity contribution is -0.104. The van der Waals surface area contributed by atoms with Crippen molar-refractivity contribution in [2.45, 2.75) is 32.2 Å². The topological polar surface area (TPSA) is 20.3 Å². The van der Waals surface area contributed by atoms with Crippen LogP contribution in [0.3, 0.4) is 0 Å². The Balaban J connectivity index is 2.46. The molecule has 0 spiro atoms. The Morgan fingerprint density at radius 1 is 1.50 bits per heavy atom. The van der Waals surface area contributed by atoms with Crippen molar-refractivity contribution in [2.75, 3.05) is 13.1 Å². The van der Waals surface area contributed by atoms with Gasteiger partial charge in [-0.15, -0.1) is 0 Å². The molecule has 2 nitrogen and oxygen atoms in total. The van der Waals surface area contributed by atoms with Gasteiger partial charge in [0.15, 0.2) is 0 Å². The summed E-state index contributed by atoms with van der Waals surface area (Å²) < 4.78 is 0. The van der Waals surface area contributed by atoms with E-state index in [0.717, 1.165) is 12.8 Å². The third-order valence-electron chi connectivity index (χ3n) is 2.48. The molecule has 0 aromatic rings. The van der Waals surface area contributed by atoms with Crippen LogP contribution in [0, 0.1) is 0 Å². The number of piperidine rings is 1. The van der Waals surface area contributed by atoms with Gasteiger partial charge in [-0.3, -0.25) is 9.69 Å². The lowest BCUT2D eigenvalue weighted by atomic mass is 10.0. The second-order valence-electron chi connectivity index (χ2n) is 3.21. The fraction of sp³-hybridized carbons (Fsp3) is 0.700. The summed E-state index contributed by atoms with van der Waals surface area (Å²) in [6.07, 6.45) is 8.32. The van der Waals surface area contributed by atoms with Crippen molar-refractivity contribution in [3.63, 3.8) is 0 Å². The molecular formula is C10H17NO. The largest absolute Gasteiger partial charge is 0.299 e. The van der Waals surface area contributed by atoms with Gasteiger partial charge in [0.2, 0.25) is 0 Å². The summed E-state index contributed by atoms with van der Waals surface area (Å²) in [6.45, 7) is 4.45. The summed E-state index contributed by atoms with van der Waals surface area (Å²) in [5, 5.41) is 0. The van der Waals surface area contributed by atoms with Crippen molar-refractivity contribution >= 4 is 6.29 Å². The molecule has 1 saturated heterocycles. The molecule has 1 fully saturated rings. The molecule has 0 saturated carbocycles. The first-order valence-corrected chi connectivity index (χ1v) is 4.74. The van der Waals surface area contributed by atoms with Crippen molar-refractivity contribution < 1.29 is 4.79 Å². The Bertz CT molecular complexity index is 165. The van der Waals surface area contributed by atoms with E-state index in [4.69, 9.17) is 0 Å². The van der Waals surface area contributed by atoms with E-state index >= 15 is 0 Å². The van der Waals surface area contributed by atoms with E-state index in [-0.39, 0.29) is 0 Å². The Labute approximate surface area is 74.2 Å². The predicted octanol–water partition coefficient (Wildman–Crippen LogP) is 1.62. The van der Waals surface area contributed by atoms with Crippen LogP contribution in [0.1, 0.15) is 26.2 Å². The highest BCUT2D eigenvalue weighted by Gasteiger charge is 2.17. The third kappa shape index (κ3) is 2.45. The number of carbonyl (C=O) groups is 1. The maximum absolute atomic E-state index is 10.1. The normalized spacial score (nSPS) is 26.2. The van der Waals surface area contributed by atoms with Crippen molar-refractivity contribution in [1.29, 1.82) is 0 Å². The van der Waals surface area contributed by atoms with Gasteiger partial charge < -0.3 is 0 Å². The zero-order valence-corrected chi connectivity index (χ0v) is 7.70. The standard InChI is InChI=1S/C10H17NO/c1-2-11-8-4-3-6-10(11)7-5-9-12/h5,7,9-10H,2-4,6,8H2,1H3/b7-5-. The van der Waals surface area contributed by atoms with E-state index in [2.05, 4.69) is 11.8 Å². The molecule has 0 aromatic heterocycles. The monoisotopic (exact) mass is 167 g/mol. The zero-order valence-electron chi connectivity index (χ0n) is 7.70. The maximum Gasteiger partial charge on any atom is 0.142 e. The van der Waals surface area contributed by atoms with Crippen molar-refractivity contribution in [2.24, 2.45) is 0 Å². The number of likely N-dealkylation sites (N-methyl/N-ethyl adjacent to an activating group) is 1. The highest BCUT2D eigenvalue weighted by molar-refractivity contribution is 5.64. The SMILES string of the molecule is CCN1CCCCC1/C=C\C=O. The summed E-state index contributed by atoms with van der Waals surface area (Å²) in [6, 6.07) is 0.508. The summed E-state index contributed by atoms with van der Waals surface area (Å²) in [4.78, 5) is 12.6. The Kier molecular flexibility index (Phi) is 4.01. The van der Waals surface area contributed by atoms with Crippen LogP contribution in [0.5, 0.6) is 0 Å². The van der Waals surface area contributed by atoms with Gasteiger partial charge in [0.05, 0.1) is 0 Å². The molecule has 1 unspecified atom stereocenters. The number of nitrogens with zero attached hydrogens (tertiary/aromatic N) is 1. The van der Waals surface area contributed by atoms with E-state index in [1.165, 1.54) is 25.8 Å². The number of hydrogen-bond donors (Lipinski definition) is 0. The molecule has 12 heavy (non-hydrogen) atoms. The highest BCUT2D eigenvalue weighted by atomic mass is 16.1. The van der Waals surface area contributed by atoms with Crippen LogP contribution >= 0.6 is 0 Å². The van der Waals surface area contributed by atoms with E-state index in [9.17, 15) is 4.79 Å². The molecule has 0 amide bonds. The summed E-state index contributed by atoms with van der Waals surface area (Å²) in [7, 11) is 0. The number of hydrogen-bond acceptors (Lipinski definition) is 2. The fourth-order valence-corrected chi connectivity index (χ4v) is 1.80. The highest BCUT2D eigenvalue weighted by Crippen LogP contribution is 2.16. The van der Waals surface area contributed by atoms with E-state index in [0.29, 0.717) is 6.04 Å². The van der Waals surface area contributed by atoms with Crippen LogP contribution in [0.25, 0.3) is 0 Å². The minimum absolute atomic E-state index is 0.508. The molecule has 1 aliphatic heterocycles. The summed E-state index contributed by atoms with van der Waals surface area (Å²) in [5.74, 6) is 0. The molecule has 2 heteroatoms. The zero-order chi connectivity index (χ0) is 8.81. The first-order chi connectivity index (χ1) is 5.88. The van der Waals surface area contributed by atoms with Gasteiger partial charge >= 0.3 is 0 Å². The summed E-state index contributed by atoms with van der Waals surface area (Å²) >= 11 is 0. The number of allylic oxidation sites excluding steroid dienone is 1. The van der Waals surface area contributed by atoms with Gasteiger partial charge in [-0.1, -0.05) is 19.4 Å². The van der Waals surface area contributed by atoms with Crippen LogP contribution in [-0.2, 0) is 4.79 Å². The minimum Gasteiger partial charge on any atom is -0.299 e. The molecule has 1 aliphatic rings. The molecule has 1 atom stereocenters. The van der Waals surface area contributed by atoms with Crippen LogP contribution in [0.2, 0.25) is 0 Å². The molecule has 0 radical (unpaired) electrons. The number of carbonyl (C=O) groups excluding carboxylic acids is 1. The van der Waals surface area contributed by atoms with Gasteiger partial charge in [0.25, 0.3) is 0 Å². The number of rotatable bonds is 3. The smallest absolute Gasteiger partial charge is 0.142 e. The van der Waals surface area contributed by atoms with Gasteiger partial charge in [0, 0.05) is 6.04 Å². The van der Waals surface area contributed by atoms with Gasteiger partial charge in [-0.2, -0.15) is 0 Å². The number of aldehydes is 1. The molecule has 68 valence electrons. The van der Waals surface area contributed by atoms with Gasteiger partial charge in [-0.05, 0) is 32.0 Å². The molecule has 0 aliphatic carbocycles. The Morgan fingerprint density at radius 3 is 3.00 bits per heavy atom. The molecule has 1 rings (SSSR count). The first kappa shape index (κ1) is 9.46. The predicted molar refractivity (Wildman–Crippen MR) is 50.1 cm³/mol. The molecule has 0 bridgehead atoms. The van der Waals surface area contributed by atoms with Gasteiger partial charge in [0.1, 0.15) is 6.29 Å². The van der Waals surface area contributed by atoms with E-state index < -0.39 is 0 Å². The van der Waals surface area contributed by atoms with E-state index in [1.807, 2.05) is 6.08 Å². The van der Waals surface area contributed by atoms with Crippen molar-refractivity contribution in [3.05, 3.63) is 12.2 Å². The Morgan fingerprint density at radius 2 is 2.33 bits per heavy atom. The fourth-order valence-electron chi connectivity index (χ4n) is 1.80. The quantitative estimate of drug-likeness (QED) is 0.470. The number of likely N-dealkylation sites (tertiary alicyclic amines) is 1. The average molecular weight is 167 g/mol. The molecule has 1 heterocycles. The van der Waals surface area contributed by atoms with Crippen LogP contribution in [0.4, 0.5) is 0 Å². The summed E-state index contributed by atoms with van der Waals surface area (Å²) in [5.41, 5.74) is 0. The lowest BCUT2D eigenvalue weighted by Gasteiger charge is -2.32. The minimum atomic E-state index is 0.508. The Hall–Kier alpha value is -0.630. The maximum atomic E-state index is 10.1. The van der Waals surface area contributed by atoms with E-state index in [1.54, 1.807) is 6.08 Å². The molecule has 0 N–H and O–H groups in total. The molecule has 0 aromatic carbocycles. The third-order valence-corrected chi connectivity index (χ3v) is 2.48. The average Bonchev–Trinajstić information content (AvgIpc) is 2.15.